The van der Waals surface area contributed by atoms with Crippen LogP contribution in [0.3, 0.4) is 0 Å². The smallest absolute Gasteiger partial charge is 0.337 e. The molecule has 1 aromatic carbocycles. The van der Waals surface area contributed by atoms with Crippen molar-refractivity contribution < 1.29 is 18.3 Å². The number of nitrogens with zero attached hydrogens (tertiary/aromatic N) is 1. The predicted octanol–water partition coefficient (Wildman–Crippen LogP) is 3.00. The number of aromatic nitrogens is 1. The summed E-state index contributed by atoms with van der Waals surface area (Å²) in [7, 11) is -3.97. The molecule has 2 rings (SSSR count). The Morgan fingerprint density at radius 2 is 2.00 bits per heavy atom. The first kappa shape index (κ1) is 15.7. The summed E-state index contributed by atoms with van der Waals surface area (Å²) in [5, 5.41) is 9.28. The van der Waals surface area contributed by atoms with Crippen LogP contribution >= 0.6 is 27.5 Å². The number of aromatic carboxylic acids is 1. The van der Waals surface area contributed by atoms with E-state index in [0.717, 1.165) is 6.20 Å². The topological polar surface area (TPSA) is 96.4 Å². The Balaban J connectivity index is 2.46. The molecule has 1 heterocycles. The fraction of sp³-hybridized carbons (Fsp3) is 0. The minimum absolute atomic E-state index is 0.104. The highest BCUT2D eigenvalue weighted by Crippen LogP contribution is 2.24. The van der Waals surface area contributed by atoms with E-state index >= 15 is 0 Å². The van der Waals surface area contributed by atoms with Crippen LogP contribution < -0.4 is 4.72 Å². The number of anilines is 1. The number of hydrogen-bond donors (Lipinski definition) is 2. The van der Waals surface area contributed by atoms with Gasteiger partial charge >= 0.3 is 5.97 Å². The molecule has 0 bridgehead atoms. The number of carboxylic acid groups (broad SMARTS) is 1. The molecule has 0 saturated heterocycles. The predicted molar refractivity (Wildman–Crippen MR) is 81.2 cm³/mol. The molecule has 0 fully saturated rings. The van der Waals surface area contributed by atoms with E-state index in [9.17, 15) is 13.2 Å². The van der Waals surface area contributed by atoms with Gasteiger partial charge in [-0.15, -0.1) is 0 Å². The van der Waals surface area contributed by atoms with Gasteiger partial charge in [0.05, 0.1) is 11.3 Å². The second-order valence-corrected chi connectivity index (χ2v) is 6.97. The molecule has 6 nitrogen and oxygen atoms in total. The molecule has 0 atom stereocenters. The number of carboxylic acids is 1. The fourth-order valence-electron chi connectivity index (χ4n) is 1.53. The van der Waals surface area contributed by atoms with Crippen LogP contribution in [0.5, 0.6) is 0 Å². The van der Waals surface area contributed by atoms with E-state index in [-0.39, 0.29) is 21.2 Å². The summed E-state index contributed by atoms with van der Waals surface area (Å²) in [6, 6.07) is 5.17. The quantitative estimate of drug-likeness (QED) is 0.835. The maximum absolute atomic E-state index is 12.2. The Kier molecular flexibility index (Phi) is 4.50. The molecule has 0 unspecified atom stereocenters. The number of rotatable bonds is 4. The van der Waals surface area contributed by atoms with Gasteiger partial charge in [0, 0.05) is 21.9 Å². The lowest BCUT2D eigenvalue weighted by Crippen LogP contribution is -2.15. The lowest BCUT2D eigenvalue weighted by Gasteiger charge is -2.11. The van der Waals surface area contributed by atoms with Crippen LogP contribution in [0.15, 0.2) is 46.0 Å². The van der Waals surface area contributed by atoms with Gasteiger partial charge in [-0.05, 0) is 40.2 Å². The van der Waals surface area contributed by atoms with Gasteiger partial charge in [0.25, 0.3) is 10.0 Å². The average molecular weight is 392 g/mol. The summed E-state index contributed by atoms with van der Waals surface area (Å²) in [5.74, 6) is -1.27. The molecule has 0 aliphatic rings. The number of carbonyl (C=O) groups is 1. The van der Waals surface area contributed by atoms with E-state index in [1.807, 2.05) is 0 Å². The molecular weight excluding hydrogens is 384 g/mol. The van der Waals surface area contributed by atoms with Crippen molar-refractivity contribution in [1.29, 1.82) is 0 Å². The van der Waals surface area contributed by atoms with Crippen LogP contribution in [0, 0.1) is 0 Å². The number of benzene rings is 1. The molecule has 9 heteroatoms. The molecule has 21 heavy (non-hydrogen) atoms. The molecule has 0 spiro atoms. The zero-order valence-corrected chi connectivity index (χ0v) is 13.4. The molecule has 2 N–H and O–H groups in total. The average Bonchev–Trinajstić information content (AvgIpc) is 2.38. The highest BCUT2D eigenvalue weighted by molar-refractivity contribution is 9.10. The van der Waals surface area contributed by atoms with Crippen molar-refractivity contribution in [2.24, 2.45) is 0 Å². The van der Waals surface area contributed by atoms with Gasteiger partial charge in [-0.2, -0.15) is 0 Å². The maximum atomic E-state index is 12.2. The standard InChI is InChI=1S/C12H8BrClN2O4S/c13-7-3-9(6-15-5-7)21(19,20)16-11-4-8(14)1-2-10(11)12(17)18/h1-6,16H,(H,17,18). The molecule has 0 saturated carbocycles. The van der Waals surface area contributed by atoms with E-state index < -0.39 is 16.0 Å². The zero-order chi connectivity index (χ0) is 15.6. The maximum Gasteiger partial charge on any atom is 0.337 e. The van der Waals surface area contributed by atoms with E-state index in [4.69, 9.17) is 16.7 Å². The van der Waals surface area contributed by atoms with Crippen molar-refractivity contribution in [2.45, 2.75) is 4.90 Å². The number of nitrogens with one attached hydrogen (secondary N) is 1. The van der Waals surface area contributed by atoms with Gasteiger partial charge in [0.15, 0.2) is 0 Å². The number of hydrogen-bond acceptors (Lipinski definition) is 4. The van der Waals surface area contributed by atoms with Crippen LogP contribution in [-0.4, -0.2) is 24.5 Å². The molecular formula is C12H8BrClN2O4S. The first-order valence-corrected chi connectivity index (χ1v) is 8.11. The molecule has 1 aromatic heterocycles. The lowest BCUT2D eigenvalue weighted by atomic mass is 10.2. The molecule has 0 radical (unpaired) electrons. The van der Waals surface area contributed by atoms with Crippen molar-refractivity contribution in [3.63, 3.8) is 0 Å². The Morgan fingerprint density at radius 1 is 1.29 bits per heavy atom. The minimum atomic E-state index is -3.97. The number of halogens is 2. The lowest BCUT2D eigenvalue weighted by molar-refractivity contribution is 0.0698. The highest BCUT2D eigenvalue weighted by Gasteiger charge is 2.19. The summed E-state index contributed by atoms with van der Waals surface area (Å²) in [4.78, 5) is 14.8. The SMILES string of the molecule is O=C(O)c1ccc(Cl)cc1NS(=O)(=O)c1cncc(Br)c1. The van der Waals surface area contributed by atoms with Gasteiger partial charge in [-0.1, -0.05) is 11.6 Å². The number of pyridine rings is 1. The van der Waals surface area contributed by atoms with Gasteiger partial charge in [-0.3, -0.25) is 9.71 Å². The van der Waals surface area contributed by atoms with Crippen molar-refractivity contribution in [1.82, 2.24) is 4.98 Å². The monoisotopic (exact) mass is 390 g/mol. The normalized spacial score (nSPS) is 11.1. The van der Waals surface area contributed by atoms with Gasteiger partial charge in [-0.25, -0.2) is 13.2 Å². The molecule has 110 valence electrons. The number of sulfonamides is 1. The molecule has 0 aliphatic heterocycles. The van der Waals surface area contributed by atoms with Crippen molar-refractivity contribution in [3.05, 3.63) is 51.7 Å². The van der Waals surface area contributed by atoms with Gasteiger partial charge in [0.1, 0.15) is 4.90 Å². The Morgan fingerprint density at radius 3 is 2.62 bits per heavy atom. The second kappa shape index (κ2) is 6.00. The largest absolute Gasteiger partial charge is 0.478 e. The summed E-state index contributed by atoms with van der Waals surface area (Å²) in [5.41, 5.74) is -0.319. The summed E-state index contributed by atoms with van der Waals surface area (Å²) in [6.07, 6.45) is 2.58. The van der Waals surface area contributed by atoms with Crippen molar-refractivity contribution in [3.8, 4) is 0 Å². The molecule has 2 aromatic rings. The minimum Gasteiger partial charge on any atom is -0.478 e. The Labute approximate surface area is 134 Å². The van der Waals surface area contributed by atoms with E-state index in [0.29, 0.717) is 4.47 Å². The third kappa shape index (κ3) is 3.72. The second-order valence-electron chi connectivity index (χ2n) is 3.94. The van der Waals surface area contributed by atoms with E-state index in [2.05, 4.69) is 25.6 Å². The zero-order valence-electron chi connectivity index (χ0n) is 10.2. The van der Waals surface area contributed by atoms with Gasteiger partial charge < -0.3 is 5.11 Å². The van der Waals surface area contributed by atoms with Crippen LogP contribution in [0.2, 0.25) is 5.02 Å². The third-order valence-corrected chi connectivity index (χ3v) is 4.45. The first-order chi connectivity index (χ1) is 9.79. The Bertz CT molecular complexity index is 811. The molecule has 0 amide bonds. The summed E-state index contributed by atoms with van der Waals surface area (Å²) >= 11 is 8.89. The van der Waals surface area contributed by atoms with E-state index in [1.54, 1.807) is 0 Å². The van der Waals surface area contributed by atoms with Crippen LogP contribution in [-0.2, 0) is 10.0 Å². The Hall–Kier alpha value is -1.64. The van der Waals surface area contributed by atoms with Crippen LogP contribution in [0.1, 0.15) is 10.4 Å². The van der Waals surface area contributed by atoms with E-state index in [1.165, 1.54) is 30.5 Å². The fourth-order valence-corrected chi connectivity index (χ4v) is 3.28. The van der Waals surface area contributed by atoms with Gasteiger partial charge in [0.2, 0.25) is 0 Å². The van der Waals surface area contributed by atoms with Crippen LogP contribution in [0.4, 0.5) is 5.69 Å². The third-order valence-electron chi connectivity index (χ3n) is 2.45. The molecule has 0 aliphatic carbocycles. The first-order valence-electron chi connectivity index (χ1n) is 5.46. The highest BCUT2D eigenvalue weighted by atomic mass is 79.9. The van der Waals surface area contributed by atoms with Crippen molar-refractivity contribution >= 4 is 49.2 Å². The summed E-state index contributed by atoms with van der Waals surface area (Å²) < 4.78 is 27.1. The van der Waals surface area contributed by atoms with Crippen LogP contribution in [0.25, 0.3) is 0 Å². The van der Waals surface area contributed by atoms with Crippen molar-refractivity contribution in [2.75, 3.05) is 4.72 Å². The summed E-state index contributed by atoms with van der Waals surface area (Å²) in [6.45, 7) is 0.